The van der Waals surface area contributed by atoms with Crippen LogP contribution in [0.5, 0.6) is 23.0 Å². The highest BCUT2D eigenvalue weighted by Crippen LogP contribution is 2.36. The molecule has 4 heteroatoms. The van der Waals surface area contributed by atoms with Gasteiger partial charge in [-0.25, -0.2) is 0 Å². The van der Waals surface area contributed by atoms with Crippen LogP contribution in [-0.2, 0) is 30.5 Å². The third-order valence-electron chi connectivity index (χ3n) is 4.64. The molecule has 0 aromatic heterocycles. The molecule has 0 aliphatic rings. The normalized spacial score (nSPS) is 10.6. The van der Waals surface area contributed by atoms with Crippen molar-refractivity contribution < 1.29 is 19.0 Å². The molecule has 0 atom stereocenters. The number of hydrogen-bond acceptors (Lipinski definition) is 4. The lowest BCUT2D eigenvalue weighted by molar-refractivity contribution is -0.132. The van der Waals surface area contributed by atoms with Crippen molar-refractivity contribution in [2.45, 2.75) is 60.3 Å². The van der Waals surface area contributed by atoms with Gasteiger partial charge in [0.05, 0.1) is 7.11 Å². The van der Waals surface area contributed by atoms with Gasteiger partial charge < -0.3 is 14.2 Å². The van der Waals surface area contributed by atoms with Crippen LogP contribution in [0.4, 0.5) is 0 Å². The molecular weight excluding hydrogens is 340 g/mol. The summed E-state index contributed by atoms with van der Waals surface area (Å²) in [6.07, 6.45) is 3.27. The topological polar surface area (TPSA) is 44.8 Å². The van der Waals surface area contributed by atoms with Crippen molar-refractivity contribution in [1.29, 1.82) is 0 Å². The number of rotatable bonds is 8. The fraction of sp³-hybridized carbons (Fsp3) is 0.435. The average molecular weight is 370 g/mol. The maximum Gasteiger partial charge on any atom is 0.308 e. The Hall–Kier alpha value is -2.49. The molecule has 0 radical (unpaired) electrons. The van der Waals surface area contributed by atoms with E-state index in [0.29, 0.717) is 5.75 Å². The highest BCUT2D eigenvalue weighted by atomic mass is 16.5. The SMILES string of the molecule is CCc1cc(Oc2cc(CC)c(OC(C)=O)c(CC)c2)cc(CC)c1OC. The molecule has 0 unspecified atom stereocenters. The van der Waals surface area contributed by atoms with Crippen LogP contribution in [0.3, 0.4) is 0 Å². The predicted octanol–water partition coefficient (Wildman–Crippen LogP) is 5.66. The van der Waals surface area contributed by atoms with E-state index in [1.165, 1.54) is 6.92 Å². The second kappa shape index (κ2) is 9.45. The van der Waals surface area contributed by atoms with Crippen molar-refractivity contribution >= 4 is 5.97 Å². The molecule has 0 aliphatic carbocycles. The van der Waals surface area contributed by atoms with Gasteiger partial charge in [-0.15, -0.1) is 0 Å². The summed E-state index contributed by atoms with van der Waals surface area (Å²) in [7, 11) is 1.71. The summed E-state index contributed by atoms with van der Waals surface area (Å²) in [5.41, 5.74) is 4.21. The highest BCUT2D eigenvalue weighted by molar-refractivity contribution is 5.71. The van der Waals surface area contributed by atoms with Crippen molar-refractivity contribution in [3.8, 4) is 23.0 Å². The van der Waals surface area contributed by atoms with Crippen molar-refractivity contribution in [2.75, 3.05) is 7.11 Å². The highest BCUT2D eigenvalue weighted by Gasteiger charge is 2.15. The Morgan fingerprint density at radius 2 is 1.11 bits per heavy atom. The molecule has 0 amide bonds. The molecule has 0 saturated heterocycles. The van der Waals surface area contributed by atoms with E-state index in [4.69, 9.17) is 14.2 Å². The Morgan fingerprint density at radius 1 is 0.741 bits per heavy atom. The molecule has 2 aromatic carbocycles. The molecule has 0 fully saturated rings. The summed E-state index contributed by atoms with van der Waals surface area (Å²) < 4.78 is 17.3. The predicted molar refractivity (Wildman–Crippen MR) is 108 cm³/mol. The second-order valence-electron chi connectivity index (χ2n) is 6.46. The van der Waals surface area contributed by atoms with Crippen LogP contribution in [0.15, 0.2) is 24.3 Å². The van der Waals surface area contributed by atoms with Gasteiger partial charge in [0.25, 0.3) is 0 Å². The van der Waals surface area contributed by atoms with Gasteiger partial charge in [-0.1, -0.05) is 27.7 Å². The molecule has 0 bridgehead atoms. The van der Waals surface area contributed by atoms with Gasteiger partial charge in [0, 0.05) is 6.92 Å². The maximum atomic E-state index is 11.5. The lowest BCUT2D eigenvalue weighted by Crippen LogP contribution is -2.07. The number of carbonyl (C=O) groups is 1. The molecule has 0 N–H and O–H groups in total. The second-order valence-corrected chi connectivity index (χ2v) is 6.46. The molecule has 27 heavy (non-hydrogen) atoms. The molecular formula is C23H30O4. The lowest BCUT2D eigenvalue weighted by Gasteiger charge is -2.17. The molecule has 0 spiro atoms. The van der Waals surface area contributed by atoms with E-state index in [0.717, 1.165) is 65.2 Å². The molecule has 0 heterocycles. The molecule has 2 rings (SSSR count). The van der Waals surface area contributed by atoms with Crippen LogP contribution in [0, 0.1) is 0 Å². The van der Waals surface area contributed by atoms with Crippen LogP contribution < -0.4 is 14.2 Å². The van der Waals surface area contributed by atoms with Gasteiger partial charge >= 0.3 is 5.97 Å². The van der Waals surface area contributed by atoms with Gasteiger partial charge in [0.1, 0.15) is 23.0 Å². The Balaban J connectivity index is 2.46. The first-order valence-corrected chi connectivity index (χ1v) is 9.69. The first-order chi connectivity index (χ1) is 13.0. The summed E-state index contributed by atoms with van der Waals surface area (Å²) in [6.45, 7) is 9.74. The zero-order valence-electron chi connectivity index (χ0n) is 17.3. The van der Waals surface area contributed by atoms with E-state index >= 15 is 0 Å². The van der Waals surface area contributed by atoms with E-state index < -0.39 is 0 Å². The van der Waals surface area contributed by atoms with Crippen molar-refractivity contribution in [2.24, 2.45) is 0 Å². The van der Waals surface area contributed by atoms with Gasteiger partial charge in [0.15, 0.2) is 0 Å². The van der Waals surface area contributed by atoms with Crippen LogP contribution in [-0.4, -0.2) is 13.1 Å². The molecule has 0 saturated carbocycles. The Labute approximate surface area is 162 Å². The fourth-order valence-corrected chi connectivity index (χ4v) is 3.29. The van der Waals surface area contributed by atoms with Crippen molar-refractivity contribution in [3.63, 3.8) is 0 Å². The zero-order chi connectivity index (χ0) is 20.0. The van der Waals surface area contributed by atoms with Crippen LogP contribution in [0.1, 0.15) is 56.9 Å². The minimum absolute atomic E-state index is 0.302. The number of aryl methyl sites for hydroxylation is 4. The zero-order valence-corrected chi connectivity index (χ0v) is 17.3. The minimum Gasteiger partial charge on any atom is -0.496 e. The summed E-state index contributed by atoms with van der Waals surface area (Å²) in [5.74, 6) is 2.87. The first kappa shape index (κ1) is 20.8. The number of methoxy groups -OCH3 is 1. The maximum absolute atomic E-state index is 11.5. The fourth-order valence-electron chi connectivity index (χ4n) is 3.29. The van der Waals surface area contributed by atoms with Crippen molar-refractivity contribution in [1.82, 2.24) is 0 Å². The molecule has 0 aliphatic heterocycles. The van der Waals surface area contributed by atoms with E-state index in [1.807, 2.05) is 38.1 Å². The van der Waals surface area contributed by atoms with Gasteiger partial charge in [-0.2, -0.15) is 0 Å². The van der Waals surface area contributed by atoms with E-state index in [1.54, 1.807) is 7.11 Å². The largest absolute Gasteiger partial charge is 0.496 e. The Kier molecular flexibility index (Phi) is 7.28. The molecule has 2 aromatic rings. The number of esters is 1. The monoisotopic (exact) mass is 370 g/mol. The third kappa shape index (κ3) is 4.82. The number of ether oxygens (including phenoxy) is 3. The number of benzene rings is 2. The van der Waals surface area contributed by atoms with Crippen LogP contribution in [0.25, 0.3) is 0 Å². The Morgan fingerprint density at radius 3 is 1.41 bits per heavy atom. The third-order valence-corrected chi connectivity index (χ3v) is 4.64. The van der Waals surface area contributed by atoms with Gasteiger partial charge in [-0.3, -0.25) is 4.79 Å². The standard InChI is InChI=1S/C23H30O4/c1-7-16-11-20(12-17(8-2)22(16)25-6)27-21-13-18(9-3)23(26-15(5)24)19(10-4)14-21/h11-14H,7-10H2,1-6H3. The van der Waals surface area contributed by atoms with E-state index in [-0.39, 0.29) is 5.97 Å². The quantitative estimate of drug-likeness (QED) is 0.444. The minimum atomic E-state index is -0.302. The van der Waals surface area contributed by atoms with E-state index in [2.05, 4.69) is 13.8 Å². The van der Waals surface area contributed by atoms with Gasteiger partial charge in [-0.05, 0) is 72.2 Å². The number of carbonyl (C=O) groups excluding carboxylic acids is 1. The summed E-state index contributed by atoms with van der Waals surface area (Å²) in [5, 5.41) is 0. The first-order valence-electron chi connectivity index (χ1n) is 9.69. The average Bonchev–Trinajstić information content (AvgIpc) is 2.67. The summed E-state index contributed by atoms with van der Waals surface area (Å²) >= 11 is 0. The Bertz CT molecular complexity index is 758. The molecule has 146 valence electrons. The van der Waals surface area contributed by atoms with Crippen LogP contribution >= 0.6 is 0 Å². The lowest BCUT2D eigenvalue weighted by atomic mass is 10.0. The summed E-state index contributed by atoms with van der Waals surface area (Å²) in [6, 6.07) is 7.99. The van der Waals surface area contributed by atoms with Crippen molar-refractivity contribution in [3.05, 3.63) is 46.5 Å². The smallest absolute Gasteiger partial charge is 0.308 e. The molecule has 4 nitrogen and oxygen atoms in total. The summed E-state index contributed by atoms with van der Waals surface area (Å²) in [4.78, 5) is 11.5. The number of hydrogen-bond donors (Lipinski definition) is 0. The van der Waals surface area contributed by atoms with Gasteiger partial charge in [0.2, 0.25) is 0 Å². The van der Waals surface area contributed by atoms with Crippen LogP contribution in [0.2, 0.25) is 0 Å². The van der Waals surface area contributed by atoms with E-state index in [9.17, 15) is 4.79 Å².